The lowest BCUT2D eigenvalue weighted by molar-refractivity contribution is -0.118. The number of imidazole rings is 1. The molecular formula is C17H22FN3O2S. The van der Waals surface area contributed by atoms with Gasteiger partial charge < -0.3 is 15.0 Å². The van der Waals surface area contributed by atoms with Crippen LogP contribution >= 0.6 is 11.8 Å². The van der Waals surface area contributed by atoms with Gasteiger partial charge in [-0.2, -0.15) is 0 Å². The smallest absolute Gasteiger partial charge is 0.230 e. The van der Waals surface area contributed by atoms with Crippen molar-refractivity contribution in [3.8, 4) is 11.3 Å². The van der Waals surface area contributed by atoms with Gasteiger partial charge in [0, 0.05) is 13.2 Å². The minimum Gasteiger partial charge on any atom is -0.379 e. The maximum atomic E-state index is 12.9. The molecule has 0 radical (unpaired) electrons. The minimum absolute atomic E-state index is 0.0377. The number of nitrogens with one attached hydrogen (secondary N) is 2. The topological polar surface area (TPSA) is 67.0 Å². The highest BCUT2D eigenvalue weighted by Gasteiger charge is 2.07. The highest BCUT2D eigenvalue weighted by molar-refractivity contribution is 7.99. The Kier molecular flexibility index (Phi) is 7.27. The van der Waals surface area contributed by atoms with Crippen molar-refractivity contribution in [2.75, 3.05) is 18.9 Å². The number of amides is 1. The van der Waals surface area contributed by atoms with Crippen molar-refractivity contribution in [2.24, 2.45) is 0 Å². The molecule has 0 saturated carbocycles. The number of aromatic amines is 1. The van der Waals surface area contributed by atoms with Crippen LogP contribution in [-0.4, -0.2) is 40.9 Å². The van der Waals surface area contributed by atoms with Crippen molar-refractivity contribution < 1.29 is 13.9 Å². The van der Waals surface area contributed by atoms with Crippen LogP contribution in [0.2, 0.25) is 0 Å². The zero-order valence-electron chi connectivity index (χ0n) is 13.8. The van der Waals surface area contributed by atoms with E-state index in [4.69, 9.17) is 4.74 Å². The second-order valence-electron chi connectivity index (χ2n) is 5.52. The summed E-state index contributed by atoms with van der Waals surface area (Å²) < 4.78 is 18.3. The first-order valence-electron chi connectivity index (χ1n) is 7.86. The first-order valence-corrected chi connectivity index (χ1v) is 8.85. The first-order chi connectivity index (χ1) is 11.5. The maximum absolute atomic E-state index is 12.9. The number of hydrogen-bond acceptors (Lipinski definition) is 4. The van der Waals surface area contributed by atoms with Gasteiger partial charge in [0.1, 0.15) is 5.82 Å². The lowest BCUT2D eigenvalue weighted by atomic mass is 10.2. The van der Waals surface area contributed by atoms with Crippen LogP contribution in [0.25, 0.3) is 11.3 Å². The second-order valence-corrected chi connectivity index (χ2v) is 6.48. The summed E-state index contributed by atoms with van der Waals surface area (Å²) in [4.78, 5) is 19.1. The van der Waals surface area contributed by atoms with Crippen LogP contribution in [0.1, 0.15) is 20.3 Å². The molecule has 0 aliphatic heterocycles. The Bertz CT molecular complexity index is 644. The van der Waals surface area contributed by atoms with Crippen molar-refractivity contribution in [1.29, 1.82) is 0 Å². The molecule has 5 nitrogen and oxygen atoms in total. The van der Waals surface area contributed by atoms with Gasteiger partial charge in [0.05, 0.1) is 23.7 Å². The Hall–Kier alpha value is -1.86. The quantitative estimate of drug-likeness (QED) is 0.538. The molecule has 0 aliphatic carbocycles. The van der Waals surface area contributed by atoms with Gasteiger partial charge >= 0.3 is 0 Å². The minimum atomic E-state index is -0.275. The van der Waals surface area contributed by atoms with Crippen LogP contribution in [0.3, 0.4) is 0 Å². The number of thioether (sulfide) groups is 1. The number of halogens is 1. The predicted octanol–water partition coefficient (Wildman–Crippen LogP) is 3.24. The van der Waals surface area contributed by atoms with E-state index in [-0.39, 0.29) is 17.8 Å². The number of carbonyl (C=O) groups excluding carboxylic acids is 1. The number of carbonyl (C=O) groups is 1. The Morgan fingerprint density at radius 1 is 1.38 bits per heavy atom. The van der Waals surface area contributed by atoms with E-state index in [2.05, 4.69) is 15.3 Å². The van der Waals surface area contributed by atoms with Crippen LogP contribution in [0.5, 0.6) is 0 Å². The Balaban J connectivity index is 1.71. The van der Waals surface area contributed by atoms with Gasteiger partial charge in [-0.25, -0.2) is 9.37 Å². The van der Waals surface area contributed by atoms with E-state index in [1.807, 2.05) is 13.8 Å². The van der Waals surface area contributed by atoms with Gasteiger partial charge in [0.15, 0.2) is 5.16 Å². The molecule has 0 saturated heterocycles. The summed E-state index contributed by atoms with van der Waals surface area (Å²) in [5.41, 5.74) is 1.65. The molecule has 0 atom stereocenters. The molecule has 130 valence electrons. The number of nitrogens with zero attached hydrogens (tertiary/aromatic N) is 1. The lowest BCUT2D eigenvalue weighted by Crippen LogP contribution is -2.27. The monoisotopic (exact) mass is 351 g/mol. The third kappa shape index (κ3) is 6.33. The van der Waals surface area contributed by atoms with E-state index in [1.54, 1.807) is 18.3 Å². The van der Waals surface area contributed by atoms with Gasteiger partial charge in [-0.3, -0.25) is 4.79 Å². The SMILES string of the molecule is CC(C)OCCCNC(=O)CSc1ncc(-c2ccc(F)cc2)[nH]1. The largest absolute Gasteiger partial charge is 0.379 e. The molecule has 2 aromatic rings. The number of aromatic nitrogens is 2. The molecule has 2 N–H and O–H groups in total. The highest BCUT2D eigenvalue weighted by Crippen LogP contribution is 2.21. The molecule has 0 bridgehead atoms. The molecule has 1 aromatic heterocycles. The average Bonchev–Trinajstić information content (AvgIpc) is 3.02. The fraction of sp³-hybridized carbons (Fsp3) is 0.412. The Morgan fingerprint density at radius 3 is 2.83 bits per heavy atom. The maximum Gasteiger partial charge on any atom is 0.230 e. The normalized spacial score (nSPS) is 11.0. The zero-order valence-corrected chi connectivity index (χ0v) is 14.7. The van der Waals surface area contributed by atoms with Gasteiger partial charge in [-0.1, -0.05) is 11.8 Å². The van der Waals surface area contributed by atoms with Crippen molar-refractivity contribution in [3.63, 3.8) is 0 Å². The third-order valence-electron chi connectivity index (χ3n) is 3.14. The van der Waals surface area contributed by atoms with Gasteiger partial charge in [0.2, 0.25) is 5.91 Å². The van der Waals surface area contributed by atoms with Gasteiger partial charge in [-0.05, 0) is 50.1 Å². The Morgan fingerprint density at radius 2 is 2.12 bits per heavy atom. The molecule has 0 aliphatic rings. The summed E-state index contributed by atoms with van der Waals surface area (Å²) in [7, 11) is 0. The van der Waals surface area contributed by atoms with Gasteiger partial charge in [0.25, 0.3) is 0 Å². The zero-order chi connectivity index (χ0) is 17.4. The molecule has 2 rings (SSSR count). The van der Waals surface area contributed by atoms with Crippen molar-refractivity contribution in [2.45, 2.75) is 31.5 Å². The number of hydrogen-bond donors (Lipinski definition) is 2. The van der Waals surface area contributed by atoms with Crippen LogP contribution < -0.4 is 5.32 Å². The molecule has 7 heteroatoms. The third-order valence-corrected chi connectivity index (χ3v) is 4.03. The molecule has 1 amide bonds. The lowest BCUT2D eigenvalue weighted by Gasteiger charge is -2.07. The average molecular weight is 351 g/mol. The van der Waals surface area contributed by atoms with Crippen molar-refractivity contribution in [1.82, 2.24) is 15.3 Å². The molecular weight excluding hydrogens is 329 g/mol. The summed E-state index contributed by atoms with van der Waals surface area (Å²) in [6, 6.07) is 6.17. The van der Waals surface area contributed by atoms with E-state index in [1.165, 1.54) is 23.9 Å². The van der Waals surface area contributed by atoms with E-state index in [0.29, 0.717) is 24.1 Å². The number of H-pyrrole nitrogens is 1. The van der Waals surface area contributed by atoms with Crippen LogP contribution in [0.4, 0.5) is 4.39 Å². The van der Waals surface area contributed by atoms with Crippen LogP contribution in [0.15, 0.2) is 35.6 Å². The molecule has 0 spiro atoms. The highest BCUT2D eigenvalue weighted by atomic mass is 32.2. The van der Waals surface area contributed by atoms with Crippen LogP contribution in [-0.2, 0) is 9.53 Å². The summed E-state index contributed by atoms with van der Waals surface area (Å²) in [6.45, 7) is 5.22. The van der Waals surface area contributed by atoms with E-state index >= 15 is 0 Å². The fourth-order valence-corrected chi connectivity index (χ4v) is 2.64. The number of benzene rings is 1. The van der Waals surface area contributed by atoms with E-state index in [9.17, 15) is 9.18 Å². The summed E-state index contributed by atoms with van der Waals surface area (Å²) in [5, 5.41) is 3.51. The summed E-state index contributed by atoms with van der Waals surface area (Å²) in [6.07, 6.45) is 2.69. The fourth-order valence-electron chi connectivity index (χ4n) is 1.96. The molecule has 1 heterocycles. The van der Waals surface area contributed by atoms with E-state index in [0.717, 1.165) is 17.7 Å². The molecule has 0 fully saturated rings. The van der Waals surface area contributed by atoms with Crippen molar-refractivity contribution >= 4 is 17.7 Å². The second kappa shape index (κ2) is 9.44. The number of rotatable bonds is 9. The first kappa shape index (κ1) is 18.5. The van der Waals surface area contributed by atoms with E-state index < -0.39 is 0 Å². The summed E-state index contributed by atoms with van der Waals surface area (Å²) >= 11 is 1.33. The predicted molar refractivity (Wildman–Crippen MR) is 93.4 cm³/mol. The molecule has 24 heavy (non-hydrogen) atoms. The molecule has 1 aromatic carbocycles. The summed E-state index contributed by atoms with van der Waals surface area (Å²) in [5.74, 6) is -0.0193. The Labute approximate surface area is 145 Å². The van der Waals surface area contributed by atoms with Crippen molar-refractivity contribution in [3.05, 3.63) is 36.3 Å². The standard InChI is InChI=1S/C17H22FN3O2S/c1-12(2)23-9-3-8-19-16(22)11-24-17-20-10-15(21-17)13-4-6-14(18)7-5-13/h4-7,10,12H,3,8-9,11H2,1-2H3,(H,19,22)(H,20,21). The van der Waals surface area contributed by atoms with Gasteiger partial charge in [-0.15, -0.1) is 0 Å². The molecule has 0 unspecified atom stereocenters. The number of ether oxygens (including phenoxy) is 1. The van der Waals surface area contributed by atoms with Crippen LogP contribution in [0, 0.1) is 5.82 Å².